The highest BCUT2D eigenvalue weighted by Crippen LogP contribution is 2.30. The van der Waals surface area contributed by atoms with E-state index in [0.717, 1.165) is 32.1 Å². The Morgan fingerprint density at radius 1 is 1.30 bits per heavy atom. The summed E-state index contributed by atoms with van der Waals surface area (Å²) in [6.45, 7) is 7.88. The van der Waals surface area contributed by atoms with Crippen LogP contribution in [0, 0.1) is 0 Å². The van der Waals surface area contributed by atoms with Gasteiger partial charge in [0.2, 0.25) is 0 Å². The molecule has 2 saturated heterocycles. The van der Waals surface area contributed by atoms with Crippen molar-refractivity contribution in [1.29, 1.82) is 0 Å². The molecule has 1 aromatic rings. The highest BCUT2D eigenvalue weighted by Gasteiger charge is 2.36. The highest BCUT2D eigenvalue weighted by atomic mass is 15.3. The quantitative estimate of drug-likeness (QED) is 0.820. The van der Waals surface area contributed by atoms with Crippen molar-refractivity contribution in [3.63, 3.8) is 0 Å². The zero-order chi connectivity index (χ0) is 13.5. The summed E-state index contributed by atoms with van der Waals surface area (Å²) in [6, 6.07) is 1.28. The van der Waals surface area contributed by atoms with Crippen molar-refractivity contribution >= 4 is 5.82 Å². The van der Waals surface area contributed by atoms with Crippen LogP contribution in [0.25, 0.3) is 0 Å². The zero-order valence-corrected chi connectivity index (χ0v) is 12.2. The lowest BCUT2D eigenvalue weighted by atomic mass is 10.0. The van der Waals surface area contributed by atoms with E-state index in [0.29, 0.717) is 6.04 Å². The van der Waals surface area contributed by atoms with E-state index in [4.69, 9.17) is 0 Å². The Labute approximate surface area is 120 Å². The van der Waals surface area contributed by atoms with E-state index in [2.05, 4.69) is 32.0 Å². The molecule has 4 heterocycles. The first-order valence-electron chi connectivity index (χ1n) is 7.87. The Kier molecular flexibility index (Phi) is 3.11. The largest absolute Gasteiger partial charge is 0.351 e. The number of rotatable bonds is 1. The maximum Gasteiger partial charge on any atom is 0.137 e. The van der Waals surface area contributed by atoms with Crippen LogP contribution < -0.4 is 10.2 Å². The Bertz CT molecular complexity index is 503. The number of nitrogens with one attached hydrogen (secondary N) is 1. The highest BCUT2D eigenvalue weighted by molar-refractivity contribution is 5.51. The van der Waals surface area contributed by atoms with Gasteiger partial charge in [-0.3, -0.25) is 4.90 Å². The third kappa shape index (κ3) is 2.00. The van der Waals surface area contributed by atoms with Crippen molar-refractivity contribution in [3.8, 4) is 0 Å². The van der Waals surface area contributed by atoms with Gasteiger partial charge >= 0.3 is 0 Å². The van der Waals surface area contributed by atoms with Crippen molar-refractivity contribution in [1.82, 2.24) is 20.2 Å². The van der Waals surface area contributed by atoms with Crippen LogP contribution in [0.4, 0.5) is 5.82 Å². The van der Waals surface area contributed by atoms with E-state index in [-0.39, 0.29) is 0 Å². The summed E-state index contributed by atoms with van der Waals surface area (Å²) in [6.07, 6.45) is 5.49. The van der Waals surface area contributed by atoms with Gasteiger partial charge in [0, 0.05) is 50.2 Å². The van der Waals surface area contributed by atoms with Gasteiger partial charge in [0.15, 0.2) is 0 Å². The summed E-state index contributed by atoms with van der Waals surface area (Å²) >= 11 is 0. The molecule has 2 fully saturated rings. The molecule has 0 radical (unpaired) electrons. The Hall–Kier alpha value is -1.20. The molecule has 0 bridgehead atoms. The average molecular weight is 273 g/mol. The molecule has 2 unspecified atom stereocenters. The van der Waals surface area contributed by atoms with Crippen molar-refractivity contribution in [2.24, 2.45) is 0 Å². The SMILES string of the molecule is CC1CN2CCCC2CN1c1ncnc2c1CNCC2. The minimum absolute atomic E-state index is 0.547. The third-order valence-electron chi connectivity index (χ3n) is 5.06. The number of nitrogens with zero attached hydrogens (tertiary/aromatic N) is 4. The maximum absolute atomic E-state index is 4.64. The zero-order valence-electron chi connectivity index (χ0n) is 12.2. The number of hydrogen-bond acceptors (Lipinski definition) is 5. The molecule has 5 heteroatoms. The molecule has 3 aliphatic rings. The van der Waals surface area contributed by atoms with E-state index >= 15 is 0 Å². The van der Waals surface area contributed by atoms with Crippen LogP contribution in [0.2, 0.25) is 0 Å². The summed E-state index contributed by atoms with van der Waals surface area (Å²) in [5.41, 5.74) is 2.58. The molecule has 0 saturated carbocycles. The third-order valence-corrected chi connectivity index (χ3v) is 5.06. The molecule has 1 aromatic heterocycles. The van der Waals surface area contributed by atoms with Crippen molar-refractivity contribution in [2.75, 3.05) is 31.1 Å². The predicted octanol–water partition coefficient (Wildman–Crippen LogP) is 0.795. The monoisotopic (exact) mass is 273 g/mol. The van der Waals surface area contributed by atoms with Gasteiger partial charge in [-0.05, 0) is 26.3 Å². The molecule has 0 aromatic carbocycles. The minimum atomic E-state index is 0.547. The molecule has 0 aliphatic carbocycles. The number of anilines is 1. The molecular weight excluding hydrogens is 250 g/mol. The van der Waals surface area contributed by atoms with E-state index < -0.39 is 0 Å². The molecule has 0 amide bonds. The molecule has 1 N–H and O–H groups in total. The molecule has 4 rings (SSSR count). The second-order valence-electron chi connectivity index (χ2n) is 6.34. The predicted molar refractivity (Wildman–Crippen MR) is 78.8 cm³/mol. The Balaban J connectivity index is 1.66. The first kappa shape index (κ1) is 12.5. The molecule has 3 aliphatic heterocycles. The standard InChI is InChI=1S/C15H23N5/c1-11-8-19-6-2-3-12(19)9-20(11)15-13-7-16-5-4-14(13)17-10-18-15/h10-12,16H,2-9H2,1H3. The van der Waals surface area contributed by atoms with Crippen molar-refractivity contribution in [2.45, 2.75) is 44.8 Å². The van der Waals surface area contributed by atoms with Gasteiger partial charge in [0.1, 0.15) is 12.1 Å². The average Bonchev–Trinajstić information content (AvgIpc) is 2.93. The first-order chi connectivity index (χ1) is 9.83. The lowest BCUT2D eigenvalue weighted by Crippen LogP contribution is -2.55. The summed E-state index contributed by atoms with van der Waals surface area (Å²) in [4.78, 5) is 14.3. The lowest BCUT2D eigenvalue weighted by Gasteiger charge is -2.43. The number of hydrogen-bond donors (Lipinski definition) is 1. The number of fused-ring (bicyclic) bond motifs is 2. The number of piperazine rings is 1. The molecule has 20 heavy (non-hydrogen) atoms. The van der Waals surface area contributed by atoms with Crippen molar-refractivity contribution < 1.29 is 0 Å². The fourth-order valence-electron chi connectivity index (χ4n) is 3.98. The van der Waals surface area contributed by atoms with Crippen LogP contribution in [0.15, 0.2) is 6.33 Å². The van der Waals surface area contributed by atoms with Crippen molar-refractivity contribution in [3.05, 3.63) is 17.6 Å². The molecule has 5 nitrogen and oxygen atoms in total. The van der Waals surface area contributed by atoms with E-state index in [1.807, 2.05) is 0 Å². The first-order valence-corrected chi connectivity index (χ1v) is 7.87. The second-order valence-corrected chi connectivity index (χ2v) is 6.34. The van der Waals surface area contributed by atoms with Gasteiger partial charge in [-0.15, -0.1) is 0 Å². The van der Waals surface area contributed by atoms with Gasteiger partial charge in [-0.2, -0.15) is 0 Å². The molecule has 2 atom stereocenters. The van der Waals surface area contributed by atoms with Gasteiger partial charge in [0.25, 0.3) is 0 Å². The second kappa shape index (κ2) is 4.97. The van der Waals surface area contributed by atoms with Gasteiger partial charge < -0.3 is 10.2 Å². The van der Waals surface area contributed by atoms with Crippen LogP contribution >= 0.6 is 0 Å². The smallest absolute Gasteiger partial charge is 0.137 e. The van der Waals surface area contributed by atoms with Crippen LogP contribution in [-0.2, 0) is 13.0 Å². The fourth-order valence-corrected chi connectivity index (χ4v) is 3.98. The number of aromatic nitrogens is 2. The lowest BCUT2D eigenvalue weighted by molar-refractivity contribution is 0.202. The van der Waals surface area contributed by atoms with E-state index in [9.17, 15) is 0 Å². The van der Waals surface area contributed by atoms with Gasteiger partial charge in [-0.25, -0.2) is 9.97 Å². The van der Waals surface area contributed by atoms with Crippen LogP contribution in [0.5, 0.6) is 0 Å². The minimum Gasteiger partial charge on any atom is -0.351 e. The maximum atomic E-state index is 4.64. The van der Waals surface area contributed by atoms with Crippen LogP contribution in [0.1, 0.15) is 31.0 Å². The van der Waals surface area contributed by atoms with Gasteiger partial charge in [0.05, 0.1) is 5.69 Å². The van der Waals surface area contributed by atoms with Crippen LogP contribution in [0.3, 0.4) is 0 Å². The van der Waals surface area contributed by atoms with Gasteiger partial charge in [-0.1, -0.05) is 0 Å². The Morgan fingerprint density at radius 2 is 2.25 bits per heavy atom. The summed E-state index contributed by atoms with van der Waals surface area (Å²) < 4.78 is 0. The topological polar surface area (TPSA) is 44.3 Å². The van der Waals surface area contributed by atoms with Crippen LogP contribution in [-0.4, -0.2) is 53.1 Å². The summed E-state index contributed by atoms with van der Waals surface area (Å²) in [5.74, 6) is 1.18. The van der Waals surface area contributed by atoms with E-state index in [1.165, 1.54) is 43.0 Å². The molecule has 0 spiro atoms. The molecular formula is C15H23N5. The summed E-state index contributed by atoms with van der Waals surface area (Å²) in [7, 11) is 0. The normalized spacial score (nSPS) is 30.1. The van der Waals surface area contributed by atoms with E-state index in [1.54, 1.807) is 6.33 Å². The Morgan fingerprint density at radius 3 is 3.20 bits per heavy atom. The molecule has 108 valence electrons. The fraction of sp³-hybridized carbons (Fsp3) is 0.733. The summed E-state index contributed by atoms with van der Waals surface area (Å²) in [5, 5.41) is 3.46.